The molecule has 0 saturated heterocycles. The highest BCUT2D eigenvalue weighted by Crippen LogP contribution is 2.50. The Kier molecular flexibility index (Phi) is 3.55. The molecule has 2 aromatic rings. The Balaban J connectivity index is 1.99. The number of methoxy groups -OCH3 is 1. The molecule has 0 N–H and O–H groups in total. The summed E-state index contributed by atoms with van der Waals surface area (Å²) < 4.78 is 11.4. The number of fused-ring (bicyclic) bond motifs is 1. The highest BCUT2D eigenvalue weighted by atomic mass is 16.6. The van der Waals surface area contributed by atoms with Gasteiger partial charge in [0.15, 0.2) is 11.5 Å². The lowest BCUT2D eigenvalue weighted by atomic mass is 9.91. The summed E-state index contributed by atoms with van der Waals surface area (Å²) in [4.78, 5) is 10.3. The van der Waals surface area contributed by atoms with E-state index in [0.29, 0.717) is 11.5 Å². The fraction of sp³-hybridized carbons (Fsp3) is 0.176. The van der Waals surface area contributed by atoms with Crippen LogP contribution < -0.4 is 9.47 Å². The van der Waals surface area contributed by atoms with Crippen LogP contribution in [0.25, 0.3) is 0 Å². The smallest absolute Gasteiger partial charge is 0.269 e. The molecule has 0 amide bonds. The van der Waals surface area contributed by atoms with Gasteiger partial charge in [0.25, 0.3) is 5.69 Å². The van der Waals surface area contributed by atoms with Gasteiger partial charge >= 0.3 is 0 Å². The second-order valence-electron chi connectivity index (χ2n) is 5.03. The molecule has 0 radical (unpaired) electrons. The van der Waals surface area contributed by atoms with Crippen LogP contribution in [0.2, 0.25) is 0 Å². The first-order chi connectivity index (χ1) is 10.7. The Hall–Kier alpha value is -2.82. The fourth-order valence-electron chi connectivity index (χ4n) is 2.76. The van der Waals surface area contributed by atoms with Crippen LogP contribution in [0.4, 0.5) is 5.69 Å². The summed E-state index contributed by atoms with van der Waals surface area (Å²) in [5, 5.41) is 10.8. The van der Waals surface area contributed by atoms with Crippen LogP contribution >= 0.6 is 0 Å². The topological polar surface area (TPSA) is 61.6 Å². The van der Waals surface area contributed by atoms with Crippen molar-refractivity contribution >= 4 is 5.69 Å². The SMILES string of the molecule is C=C[C@@H]1c2cccc(OC)c2O[C@H]1c1ccc([N+](=O)[O-])cc1. The van der Waals surface area contributed by atoms with Gasteiger partial charge in [0.05, 0.1) is 12.0 Å². The lowest BCUT2D eigenvalue weighted by Gasteiger charge is -2.16. The average molecular weight is 297 g/mol. The maximum atomic E-state index is 10.8. The number of rotatable bonds is 4. The van der Waals surface area contributed by atoms with Crippen molar-refractivity contribution in [3.63, 3.8) is 0 Å². The fourth-order valence-corrected chi connectivity index (χ4v) is 2.76. The molecule has 1 aliphatic rings. The highest BCUT2D eigenvalue weighted by Gasteiger charge is 2.35. The van der Waals surface area contributed by atoms with Gasteiger partial charge < -0.3 is 9.47 Å². The Morgan fingerprint density at radius 2 is 2.00 bits per heavy atom. The number of nitro benzene ring substituents is 1. The molecule has 2 atom stereocenters. The van der Waals surface area contributed by atoms with Crippen molar-refractivity contribution in [2.75, 3.05) is 7.11 Å². The van der Waals surface area contributed by atoms with E-state index in [1.165, 1.54) is 12.1 Å². The first kappa shape index (κ1) is 14.1. The minimum absolute atomic E-state index is 0.0217. The molecule has 0 saturated carbocycles. The van der Waals surface area contributed by atoms with E-state index in [2.05, 4.69) is 6.58 Å². The van der Waals surface area contributed by atoms with Gasteiger partial charge in [0.2, 0.25) is 0 Å². The molecule has 0 unspecified atom stereocenters. The van der Waals surface area contributed by atoms with Crippen molar-refractivity contribution in [1.82, 2.24) is 0 Å². The predicted molar refractivity (Wildman–Crippen MR) is 82.4 cm³/mol. The first-order valence-corrected chi connectivity index (χ1v) is 6.86. The molecule has 0 bridgehead atoms. The summed E-state index contributed by atoms with van der Waals surface area (Å²) in [7, 11) is 1.60. The molecular weight excluding hydrogens is 282 g/mol. The molecule has 0 fully saturated rings. The van der Waals surface area contributed by atoms with Gasteiger partial charge in [-0.25, -0.2) is 0 Å². The van der Waals surface area contributed by atoms with Crippen molar-refractivity contribution < 1.29 is 14.4 Å². The van der Waals surface area contributed by atoms with E-state index in [1.807, 2.05) is 24.3 Å². The van der Waals surface area contributed by atoms with E-state index in [0.717, 1.165) is 11.1 Å². The molecule has 1 heterocycles. The molecule has 5 nitrogen and oxygen atoms in total. The second kappa shape index (κ2) is 5.52. The number of nitrogens with zero attached hydrogens (tertiary/aromatic N) is 1. The molecule has 0 aliphatic carbocycles. The average Bonchev–Trinajstić information content (AvgIpc) is 2.93. The highest BCUT2D eigenvalue weighted by molar-refractivity contribution is 5.54. The van der Waals surface area contributed by atoms with Crippen LogP contribution in [0.1, 0.15) is 23.1 Å². The summed E-state index contributed by atoms with van der Waals surface area (Å²) in [5.41, 5.74) is 1.94. The van der Waals surface area contributed by atoms with Gasteiger partial charge in [-0.1, -0.05) is 18.2 Å². The molecule has 0 aromatic heterocycles. The van der Waals surface area contributed by atoms with E-state index in [-0.39, 0.29) is 17.7 Å². The molecule has 2 aromatic carbocycles. The number of nitro groups is 1. The number of ether oxygens (including phenoxy) is 2. The quantitative estimate of drug-likeness (QED) is 0.486. The molecule has 22 heavy (non-hydrogen) atoms. The van der Waals surface area contributed by atoms with E-state index in [1.54, 1.807) is 19.2 Å². The van der Waals surface area contributed by atoms with E-state index in [9.17, 15) is 10.1 Å². The monoisotopic (exact) mass is 297 g/mol. The number of hydrogen-bond donors (Lipinski definition) is 0. The predicted octanol–water partition coefficient (Wildman–Crippen LogP) is 4.01. The maximum Gasteiger partial charge on any atom is 0.269 e. The Morgan fingerprint density at radius 1 is 1.27 bits per heavy atom. The van der Waals surface area contributed by atoms with Crippen LogP contribution in [0.3, 0.4) is 0 Å². The third kappa shape index (κ3) is 2.20. The first-order valence-electron chi connectivity index (χ1n) is 6.86. The van der Waals surface area contributed by atoms with E-state index < -0.39 is 4.92 Å². The third-order valence-electron chi connectivity index (χ3n) is 3.85. The summed E-state index contributed by atoms with van der Waals surface area (Å²) in [6.45, 7) is 3.89. The lowest BCUT2D eigenvalue weighted by molar-refractivity contribution is -0.384. The van der Waals surface area contributed by atoms with Gasteiger partial charge in [-0.05, 0) is 23.8 Å². The summed E-state index contributed by atoms with van der Waals surface area (Å²) in [6.07, 6.45) is 1.57. The van der Waals surface area contributed by atoms with Crippen LogP contribution in [-0.4, -0.2) is 12.0 Å². The van der Waals surface area contributed by atoms with Crippen molar-refractivity contribution in [2.24, 2.45) is 0 Å². The number of benzene rings is 2. The van der Waals surface area contributed by atoms with Gasteiger partial charge in [-0.3, -0.25) is 10.1 Å². The van der Waals surface area contributed by atoms with Gasteiger partial charge in [0.1, 0.15) is 6.10 Å². The molecule has 0 spiro atoms. The van der Waals surface area contributed by atoms with Crippen LogP contribution in [-0.2, 0) is 0 Å². The summed E-state index contributed by atoms with van der Waals surface area (Å²) >= 11 is 0. The number of non-ortho nitro benzene ring substituents is 1. The summed E-state index contributed by atoms with van der Waals surface area (Å²) in [5.74, 6) is 1.36. The van der Waals surface area contributed by atoms with Crippen molar-refractivity contribution in [1.29, 1.82) is 0 Å². The Labute approximate surface area is 127 Å². The maximum absolute atomic E-state index is 10.8. The van der Waals surface area contributed by atoms with Crippen LogP contribution in [0, 0.1) is 10.1 Å². The number of hydrogen-bond acceptors (Lipinski definition) is 4. The van der Waals surface area contributed by atoms with Crippen LogP contribution in [0.5, 0.6) is 11.5 Å². The lowest BCUT2D eigenvalue weighted by Crippen LogP contribution is -2.08. The Bertz CT molecular complexity index is 724. The van der Waals surface area contributed by atoms with Crippen molar-refractivity contribution in [3.05, 3.63) is 76.4 Å². The molecule has 5 heteroatoms. The normalized spacial score (nSPS) is 19.1. The van der Waals surface area contributed by atoms with Gasteiger partial charge in [-0.15, -0.1) is 6.58 Å². The Morgan fingerprint density at radius 3 is 2.59 bits per heavy atom. The minimum atomic E-state index is -0.415. The molecule has 112 valence electrons. The van der Waals surface area contributed by atoms with E-state index >= 15 is 0 Å². The molecule has 1 aliphatic heterocycles. The van der Waals surface area contributed by atoms with Gasteiger partial charge in [0, 0.05) is 23.6 Å². The molecule has 3 rings (SSSR count). The van der Waals surface area contributed by atoms with Crippen molar-refractivity contribution in [3.8, 4) is 11.5 Å². The van der Waals surface area contributed by atoms with Crippen molar-refractivity contribution in [2.45, 2.75) is 12.0 Å². The molecular formula is C17H15NO4. The van der Waals surface area contributed by atoms with E-state index in [4.69, 9.17) is 9.47 Å². The summed E-state index contributed by atoms with van der Waals surface area (Å²) in [6, 6.07) is 12.1. The zero-order chi connectivity index (χ0) is 15.7. The second-order valence-corrected chi connectivity index (χ2v) is 5.03. The minimum Gasteiger partial charge on any atom is -0.493 e. The largest absolute Gasteiger partial charge is 0.493 e. The third-order valence-corrected chi connectivity index (χ3v) is 3.85. The number of para-hydroxylation sites is 1. The van der Waals surface area contributed by atoms with Crippen LogP contribution in [0.15, 0.2) is 55.1 Å². The standard InChI is InChI=1S/C17H15NO4/c1-3-13-14-5-4-6-15(21-2)17(14)22-16(13)11-7-9-12(10-8-11)18(19)20/h3-10,13,16H,1H2,2H3/t13-,16+/m1/s1. The zero-order valence-corrected chi connectivity index (χ0v) is 12.1. The van der Waals surface area contributed by atoms with Gasteiger partial charge in [-0.2, -0.15) is 0 Å². The zero-order valence-electron chi connectivity index (χ0n) is 12.1.